The number of ether oxygens (including phenoxy) is 2. The van der Waals surface area contributed by atoms with Crippen molar-refractivity contribution in [2.45, 2.75) is 134 Å². The number of rotatable bonds is 27. The van der Waals surface area contributed by atoms with Gasteiger partial charge < -0.3 is 25.0 Å². The molecule has 3 atom stereocenters. The number of methoxy groups -OCH3 is 1. The predicted molar refractivity (Wildman–Crippen MR) is 176 cm³/mol. The summed E-state index contributed by atoms with van der Waals surface area (Å²) >= 11 is 0. The second-order valence-corrected chi connectivity index (χ2v) is 12.2. The predicted octanol–water partition coefficient (Wildman–Crippen LogP) is 7.75. The topological polar surface area (TPSA) is 122 Å². The van der Waals surface area contributed by atoms with Crippen LogP contribution in [0.15, 0.2) is 36.4 Å². The Kier molecular flexibility index (Phi) is 20.8. The third-order valence-corrected chi connectivity index (χ3v) is 8.15. The van der Waals surface area contributed by atoms with Gasteiger partial charge in [0.1, 0.15) is 11.8 Å². The molecule has 1 amide bonds. The van der Waals surface area contributed by atoms with E-state index in [0.29, 0.717) is 49.8 Å². The van der Waals surface area contributed by atoms with Gasteiger partial charge in [-0.05, 0) is 49.8 Å². The smallest absolute Gasteiger partial charge is 0.336 e. The summed E-state index contributed by atoms with van der Waals surface area (Å²) in [6, 6.07) is 5.51. The quantitative estimate of drug-likeness (QED) is 0.0497. The highest BCUT2D eigenvalue weighted by Gasteiger charge is 2.46. The summed E-state index contributed by atoms with van der Waals surface area (Å²) in [5.41, 5.74) is -1.77. The summed E-state index contributed by atoms with van der Waals surface area (Å²) in [6.07, 6.45) is 10.5. The maximum Gasteiger partial charge on any atom is 0.336 e. The van der Waals surface area contributed by atoms with Crippen LogP contribution in [0.2, 0.25) is 0 Å². The van der Waals surface area contributed by atoms with E-state index in [1.54, 1.807) is 37.3 Å². The Hall–Kier alpha value is -3.08. The molecule has 1 aromatic carbocycles. The Balaban J connectivity index is 2.83. The molecule has 0 fully saturated rings. The van der Waals surface area contributed by atoms with Crippen molar-refractivity contribution in [1.29, 1.82) is 0 Å². The number of hydrogen-bond acceptors (Lipinski definition) is 6. The lowest BCUT2D eigenvalue weighted by atomic mass is 9.82. The Morgan fingerprint density at radius 2 is 1.51 bits per heavy atom. The highest BCUT2D eigenvalue weighted by Crippen LogP contribution is 2.29. The number of hydrogen-bond donors (Lipinski definition) is 3. The van der Waals surface area contributed by atoms with E-state index in [0.717, 1.165) is 25.7 Å². The number of esters is 1. The van der Waals surface area contributed by atoms with Gasteiger partial charge in [0.05, 0.1) is 26.3 Å². The highest BCUT2D eigenvalue weighted by atomic mass is 19.3. The molecule has 268 valence electrons. The van der Waals surface area contributed by atoms with E-state index in [9.17, 15) is 37.8 Å². The molecule has 0 aromatic heterocycles. The van der Waals surface area contributed by atoms with Gasteiger partial charge in [-0.2, -0.15) is 0 Å². The Morgan fingerprint density at radius 1 is 0.894 bits per heavy atom. The van der Waals surface area contributed by atoms with Crippen LogP contribution in [0.1, 0.15) is 116 Å². The van der Waals surface area contributed by atoms with Crippen molar-refractivity contribution in [2.24, 2.45) is 5.92 Å². The molecule has 0 aliphatic rings. The number of alkyl halides is 3. The van der Waals surface area contributed by atoms with E-state index >= 15 is 0 Å². The number of unbranched alkanes of at least 4 members (excludes halogenated alkanes) is 8. The molecular weight excluding hydrogens is 615 g/mol. The second-order valence-electron chi connectivity index (χ2n) is 12.2. The molecule has 1 rings (SSSR count). The average Bonchev–Trinajstić information content (AvgIpc) is 3.04. The number of benzene rings is 1. The largest absolute Gasteiger partial charge is 0.494 e. The van der Waals surface area contributed by atoms with Crippen LogP contribution in [0.25, 0.3) is 0 Å². The zero-order chi connectivity index (χ0) is 35.1. The van der Waals surface area contributed by atoms with Gasteiger partial charge >= 0.3 is 11.9 Å². The first-order chi connectivity index (χ1) is 22.4. The molecule has 0 saturated carbocycles. The van der Waals surface area contributed by atoms with Crippen LogP contribution in [0.3, 0.4) is 0 Å². The number of carbonyl (C=O) groups is 3. The summed E-state index contributed by atoms with van der Waals surface area (Å²) in [6.45, 7) is 3.50. The van der Waals surface area contributed by atoms with E-state index in [1.807, 2.05) is 0 Å². The lowest BCUT2D eigenvalue weighted by molar-refractivity contribution is -0.167. The molecule has 0 bridgehead atoms. The van der Waals surface area contributed by atoms with Gasteiger partial charge in [-0.15, -0.1) is 0 Å². The summed E-state index contributed by atoms with van der Waals surface area (Å²) in [7, 11) is 1.17. The van der Waals surface area contributed by atoms with E-state index in [4.69, 9.17) is 9.47 Å². The third-order valence-electron chi connectivity index (χ3n) is 8.15. The number of amides is 1. The van der Waals surface area contributed by atoms with Crippen molar-refractivity contribution in [3.8, 4) is 5.75 Å². The maximum atomic E-state index is 14.2. The normalized spacial score (nSPS) is 14.4. The first-order valence-electron chi connectivity index (χ1n) is 17.1. The number of nitrogens with one attached hydrogen (secondary N) is 1. The van der Waals surface area contributed by atoms with Crippen LogP contribution in [0.5, 0.6) is 5.75 Å². The summed E-state index contributed by atoms with van der Waals surface area (Å²) in [5, 5.41) is 23.6. The fourth-order valence-electron chi connectivity index (χ4n) is 5.38. The van der Waals surface area contributed by atoms with E-state index in [2.05, 4.69) is 12.2 Å². The number of aliphatic carboxylic acids is 1. The number of carboxylic acids is 1. The van der Waals surface area contributed by atoms with Crippen LogP contribution < -0.4 is 10.1 Å². The molecule has 0 aliphatic heterocycles. The van der Waals surface area contributed by atoms with E-state index in [1.165, 1.54) is 13.2 Å². The molecule has 0 spiro atoms. The van der Waals surface area contributed by atoms with E-state index < -0.39 is 48.0 Å². The minimum atomic E-state index is -2.65. The number of halogens is 3. The Labute approximate surface area is 278 Å². The van der Waals surface area contributed by atoms with Crippen LogP contribution >= 0.6 is 0 Å². The fraction of sp³-hybridized carbons (Fsp3) is 0.694. The summed E-state index contributed by atoms with van der Waals surface area (Å²) < 4.78 is 51.0. The molecular formula is C36H56F3NO7. The van der Waals surface area contributed by atoms with Gasteiger partial charge in [0.15, 0.2) is 5.60 Å². The Bertz CT molecular complexity index is 1070. The molecule has 0 aliphatic carbocycles. The zero-order valence-corrected chi connectivity index (χ0v) is 28.4. The lowest BCUT2D eigenvalue weighted by Crippen LogP contribution is -2.54. The monoisotopic (exact) mass is 671 g/mol. The van der Waals surface area contributed by atoms with Crippen LogP contribution in [0.4, 0.5) is 13.2 Å². The van der Waals surface area contributed by atoms with Crippen molar-refractivity contribution >= 4 is 17.8 Å². The molecule has 0 saturated heterocycles. The first-order valence-corrected chi connectivity index (χ1v) is 17.1. The standard InChI is InChI=1S/C36H56F3NO7/c1-4-6-7-11-14-23-35(38,39)24-15-12-9-8-10-13-17-30(36(45,22-5-2)34(43)44)32(41)40-31(33(42)46-3)27-28-18-20-29(21-19-28)47-26-16-25-37/h13,17-21,30-31,45H,4-12,14-16,22-27H2,1-3H3,(H,40,41)(H,43,44)/t30-,31+,36+/m1/s1. The molecule has 47 heavy (non-hydrogen) atoms. The van der Waals surface area contributed by atoms with Crippen molar-refractivity contribution in [3.63, 3.8) is 0 Å². The SMILES string of the molecule is CCCCCCCC(F)(F)CCCCCCC=C[C@H](C(=O)N[C@@H](Cc1ccc(OCCCF)cc1)C(=O)OC)[C@@](O)(CCC)C(=O)O. The van der Waals surface area contributed by atoms with Gasteiger partial charge in [-0.3, -0.25) is 9.18 Å². The van der Waals surface area contributed by atoms with Gasteiger partial charge in [0.2, 0.25) is 11.8 Å². The van der Waals surface area contributed by atoms with Crippen molar-refractivity contribution in [3.05, 3.63) is 42.0 Å². The van der Waals surface area contributed by atoms with Crippen molar-refractivity contribution < 1.29 is 47.2 Å². The molecule has 1 aromatic rings. The van der Waals surface area contributed by atoms with E-state index in [-0.39, 0.29) is 45.1 Å². The molecule has 8 nitrogen and oxygen atoms in total. The molecule has 3 N–H and O–H groups in total. The average molecular weight is 672 g/mol. The number of carbonyl (C=O) groups excluding carboxylic acids is 2. The molecule has 0 radical (unpaired) electrons. The van der Waals surface area contributed by atoms with Gasteiger partial charge in [-0.1, -0.05) is 83.1 Å². The molecule has 0 heterocycles. The van der Waals surface area contributed by atoms with Crippen molar-refractivity contribution in [2.75, 3.05) is 20.4 Å². The molecule has 0 unspecified atom stereocenters. The highest BCUT2D eigenvalue weighted by molar-refractivity contribution is 5.92. The number of aliphatic hydroxyl groups is 1. The first kappa shape index (κ1) is 41.9. The number of allylic oxidation sites excluding steroid dienone is 1. The van der Waals surface area contributed by atoms with Gasteiger partial charge in [-0.25, -0.2) is 18.4 Å². The summed E-state index contributed by atoms with van der Waals surface area (Å²) in [5.74, 6) is -6.80. The summed E-state index contributed by atoms with van der Waals surface area (Å²) in [4.78, 5) is 38.3. The second kappa shape index (κ2) is 23.3. The van der Waals surface area contributed by atoms with Gasteiger partial charge in [0.25, 0.3) is 0 Å². The third kappa shape index (κ3) is 16.5. The number of carboxylic acid groups (broad SMARTS) is 1. The lowest BCUT2D eigenvalue weighted by Gasteiger charge is -2.30. The minimum Gasteiger partial charge on any atom is -0.494 e. The van der Waals surface area contributed by atoms with Crippen molar-refractivity contribution in [1.82, 2.24) is 5.32 Å². The van der Waals surface area contributed by atoms with Crippen LogP contribution in [-0.2, 0) is 25.5 Å². The van der Waals surface area contributed by atoms with Crippen LogP contribution in [0, 0.1) is 5.92 Å². The van der Waals surface area contributed by atoms with Gasteiger partial charge in [0, 0.05) is 25.7 Å². The minimum absolute atomic E-state index is 0.0246. The Morgan fingerprint density at radius 3 is 2.06 bits per heavy atom. The molecule has 11 heteroatoms. The zero-order valence-electron chi connectivity index (χ0n) is 28.4. The maximum absolute atomic E-state index is 14.2. The fourth-order valence-corrected chi connectivity index (χ4v) is 5.38. The van der Waals surface area contributed by atoms with Crippen LogP contribution in [-0.4, -0.2) is 66.0 Å².